The monoisotopic (exact) mass is 486 g/mol. The van der Waals surface area contributed by atoms with E-state index in [-0.39, 0.29) is 17.0 Å². The van der Waals surface area contributed by atoms with Gasteiger partial charge in [-0.1, -0.05) is 57.1 Å². The van der Waals surface area contributed by atoms with E-state index in [1.807, 2.05) is 19.9 Å². The van der Waals surface area contributed by atoms with Crippen LogP contribution in [0.4, 0.5) is 5.82 Å². The molecule has 3 rings (SSSR count). The van der Waals surface area contributed by atoms with E-state index >= 15 is 0 Å². The number of carbonyl (C=O) groups is 1. The zero-order chi connectivity index (χ0) is 24.1. The predicted octanol–water partition coefficient (Wildman–Crippen LogP) is 5.07. The Balaban J connectivity index is 2.05. The molecule has 178 valence electrons. The number of anilines is 1. The van der Waals surface area contributed by atoms with E-state index < -0.39 is 0 Å². The second-order valence-corrected chi connectivity index (χ2v) is 10.5. The molecule has 0 N–H and O–H groups in total. The lowest BCUT2D eigenvalue weighted by Crippen LogP contribution is -2.33. The van der Waals surface area contributed by atoms with E-state index in [1.165, 1.54) is 11.8 Å². The first kappa shape index (κ1) is 25.5. The van der Waals surface area contributed by atoms with Crippen molar-refractivity contribution in [3.8, 4) is 6.07 Å². The fraction of sp³-hybridized carbons (Fsp3) is 0.600. The minimum absolute atomic E-state index is 0.0699. The van der Waals surface area contributed by atoms with Gasteiger partial charge >= 0.3 is 0 Å². The van der Waals surface area contributed by atoms with Crippen molar-refractivity contribution >= 4 is 46.1 Å². The molecule has 1 atom stereocenters. The van der Waals surface area contributed by atoms with Gasteiger partial charge in [-0.15, -0.1) is 0 Å². The second-order valence-electron chi connectivity index (χ2n) is 8.80. The molecule has 0 aromatic carbocycles. The number of rotatable bonds is 9. The SMILES string of the molecule is CCCCC(CC)CN1C(=O)/C(=C/c2c(C)c(C#N)c(=O)n(CC)c2N2CCCC2)SC1=S. The highest BCUT2D eigenvalue weighted by Crippen LogP contribution is 2.37. The van der Waals surface area contributed by atoms with E-state index in [1.54, 1.807) is 9.47 Å². The van der Waals surface area contributed by atoms with Gasteiger partial charge in [0.25, 0.3) is 11.5 Å². The first-order valence-corrected chi connectivity index (χ1v) is 13.3. The molecule has 1 aromatic heterocycles. The van der Waals surface area contributed by atoms with Crippen LogP contribution in [0.5, 0.6) is 0 Å². The minimum Gasteiger partial charge on any atom is -0.357 e. The summed E-state index contributed by atoms with van der Waals surface area (Å²) >= 11 is 6.91. The van der Waals surface area contributed by atoms with Crippen molar-refractivity contribution in [2.45, 2.75) is 72.8 Å². The van der Waals surface area contributed by atoms with Gasteiger partial charge in [-0.25, -0.2) is 0 Å². The number of unbranched alkanes of at least 4 members (excludes halogenated alkanes) is 1. The van der Waals surface area contributed by atoms with Gasteiger partial charge in [-0.3, -0.25) is 19.1 Å². The third-order valence-electron chi connectivity index (χ3n) is 6.70. The molecule has 6 nitrogen and oxygen atoms in total. The Labute approximate surface area is 206 Å². The molecular formula is C25H34N4O2S2. The van der Waals surface area contributed by atoms with Crippen LogP contribution in [0, 0.1) is 24.2 Å². The molecule has 2 aliphatic heterocycles. The summed E-state index contributed by atoms with van der Waals surface area (Å²) in [6, 6.07) is 2.09. The zero-order valence-corrected chi connectivity index (χ0v) is 21.8. The summed E-state index contributed by atoms with van der Waals surface area (Å²) in [6.07, 6.45) is 8.39. The van der Waals surface area contributed by atoms with E-state index in [9.17, 15) is 14.9 Å². The number of hydrogen-bond acceptors (Lipinski definition) is 6. The highest BCUT2D eigenvalue weighted by Gasteiger charge is 2.34. The number of hydrogen-bond donors (Lipinski definition) is 0. The number of thioether (sulfide) groups is 1. The van der Waals surface area contributed by atoms with Gasteiger partial charge in [-0.05, 0) is 50.7 Å². The fourth-order valence-corrected chi connectivity index (χ4v) is 5.93. The van der Waals surface area contributed by atoms with E-state index in [0.717, 1.165) is 63.0 Å². The number of nitrogens with zero attached hydrogens (tertiary/aromatic N) is 4. The van der Waals surface area contributed by atoms with Crippen molar-refractivity contribution in [1.82, 2.24) is 9.47 Å². The maximum Gasteiger partial charge on any atom is 0.270 e. The van der Waals surface area contributed by atoms with E-state index in [2.05, 4.69) is 24.8 Å². The molecule has 1 amide bonds. The Morgan fingerprint density at radius 2 is 1.91 bits per heavy atom. The topological polar surface area (TPSA) is 69.3 Å². The van der Waals surface area contributed by atoms with Crippen molar-refractivity contribution < 1.29 is 4.79 Å². The molecule has 2 aliphatic rings. The van der Waals surface area contributed by atoms with Gasteiger partial charge in [0.15, 0.2) is 0 Å². The van der Waals surface area contributed by atoms with Gasteiger partial charge in [-0.2, -0.15) is 5.26 Å². The number of thiocarbonyl (C=S) groups is 1. The van der Waals surface area contributed by atoms with Gasteiger partial charge < -0.3 is 4.90 Å². The molecule has 33 heavy (non-hydrogen) atoms. The molecule has 2 fully saturated rings. The van der Waals surface area contributed by atoms with Crippen LogP contribution >= 0.6 is 24.0 Å². The van der Waals surface area contributed by atoms with Crippen LogP contribution in [0.15, 0.2) is 9.70 Å². The molecule has 3 heterocycles. The van der Waals surface area contributed by atoms with Crippen molar-refractivity contribution in [3.05, 3.63) is 31.9 Å². The molecular weight excluding hydrogens is 452 g/mol. The van der Waals surface area contributed by atoms with Gasteiger partial charge in [0.2, 0.25) is 0 Å². The van der Waals surface area contributed by atoms with Crippen molar-refractivity contribution in [2.75, 3.05) is 24.5 Å². The molecule has 8 heteroatoms. The molecule has 0 saturated carbocycles. The average molecular weight is 487 g/mol. The molecule has 1 aromatic rings. The summed E-state index contributed by atoms with van der Waals surface area (Å²) in [5.74, 6) is 1.18. The van der Waals surface area contributed by atoms with Crippen LogP contribution in [-0.2, 0) is 11.3 Å². The predicted molar refractivity (Wildman–Crippen MR) is 140 cm³/mol. The maximum atomic E-state index is 13.4. The lowest BCUT2D eigenvalue weighted by molar-refractivity contribution is -0.122. The van der Waals surface area contributed by atoms with Crippen molar-refractivity contribution in [1.29, 1.82) is 5.26 Å². The number of carbonyl (C=O) groups excluding carboxylic acids is 1. The maximum absolute atomic E-state index is 13.4. The van der Waals surface area contributed by atoms with Crippen molar-refractivity contribution in [2.24, 2.45) is 5.92 Å². The molecule has 0 radical (unpaired) electrons. The molecule has 0 spiro atoms. The second kappa shape index (κ2) is 11.3. The first-order chi connectivity index (χ1) is 15.9. The van der Waals surface area contributed by atoms with Crippen LogP contribution in [0.3, 0.4) is 0 Å². The molecule has 2 saturated heterocycles. The third kappa shape index (κ3) is 5.20. The van der Waals surface area contributed by atoms with E-state index in [0.29, 0.717) is 33.8 Å². The zero-order valence-electron chi connectivity index (χ0n) is 20.1. The Hall–Kier alpha value is -2.11. The third-order valence-corrected chi connectivity index (χ3v) is 8.08. The van der Waals surface area contributed by atoms with Gasteiger partial charge in [0.05, 0.1) is 4.91 Å². The smallest absolute Gasteiger partial charge is 0.270 e. The number of nitriles is 1. The number of pyridine rings is 1. The average Bonchev–Trinajstić information content (AvgIpc) is 3.42. The largest absolute Gasteiger partial charge is 0.357 e. The Morgan fingerprint density at radius 1 is 1.21 bits per heavy atom. The normalized spacial score (nSPS) is 18.5. The first-order valence-electron chi connectivity index (χ1n) is 12.1. The van der Waals surface area contributed by atoms with Crippen LogP contribution in [0.25, 0.3) is 6.08 Å². The van der Waals surface area contributed by atoms with E-state index in [4.69, 9.17) is 12.2 Å². The summed E-state index contributed by atoms with van der Waals surface area (Å²) in [5.41, 5.74) is 1.31. The Morgan fingerprint density at radius 3 is 2.48 bits per heavy atom. The number of amides is 1. The lowest BCUT2D eigenvalue weighted by atomic mass is 9.99. The fourth-order valence-electron chi connectivity index (χ4n) is 4.67. The van der Waals surface area contributed by atoms with Crippen LogP contribution in [0.2, 0.25) is 0 Å². The molecule has 0 aliphatic carbocycles. The Bertz CT molecular complexity index is 1050. The van der Waals surface area contributed by atoms with Crippen LogP contribution in [-0.4, -0.2) is 39.3 Å². The summed E-state index contributed by atoms with van der Waals surface area (Å²) in [5, 5.41) is 9.70. The van der Waals surface area contributed by atoms with Gasteiger partial charge in [0, 0.05) is 31.7 Å². The van der Waals surface area contributed by atoms with Crippen LogP contribution in [0.1, 0.15) is 76.0 Å². The highest BCUT2D eigenvalue weighted by atomic mass is 32.2. The lowest BCUT2D eigenvalue weighted by Gasteiger charge is -2.26. The van der Waals surface area contributed by atoms with Gasteiger partial charge in [0.1, 0.15) is 21.8 Å². The summed E-state index contributed by atoms with van der Waals surface area (Å²) in [7, 11) is 0. The van der Waals surface area contributed by atoms with Crippen LogP contribution < -0.4 is 10.5 Å². The summed E-state index contributed by atoms with van der Waals surface area (Å²) in [6.45, 7) is 10.9. The number of aromatic nitrogens is 1. The standard InChI is InChI=1S/C25H34N4O2S2/c1-5-8-11-18(6-2)16-29-24(31)21(33-25(29)32)14-19-17(4)20(15-26)23(30)28(7-3)22(19)27-12-9-10-13-27/h14,18H,5-13,16H2,1-4H3/b21-14-. The molecule has 1 unspecified atom stereocenters. The minimum atomic E-state index is -0.259. The Kier molecular flexibility index (Phi) is 8.77. The summed E-state index contributed by atoms with van der Waals surface area (Å²) < 4.78 is 2.27. The quantitative estimate of drug-likeness (QED) is 0.359. The highest BCUT2D eigenvalue weighted by molar-refractivity contribution is 8.26. The van der Waals surface area contributed by atoms with Crippen molar-refractivity contribution in [3.63, 3.8) is 0 Å². The summed E-state index contributed by atoms with van der Waals surface area (Å²) in [4.78, 5) is 30.9. The molecule has 0 bridgehead atoms.